The van der Waals surface area contributed by atoms with Crippen LogP contribution in [0.25, 0.3) is 0 Å². The van der Waals surface area contributed by atoms with Gasteiger partial charge in [-0.3, -0.25) is 0 Å². The Morgan fingerprint density at radius 3 is 2.38 bits per heavy atom. The Morgan fingerprint density at radius 1 is 1.17 bits per heavy atom. The molecular weight excluding hydrogens is 288 g/mol. The van der Waals surface area contributed by atoms with E-state index in [-0.39, 0.29) is 0 Å². The average molecular weight is 323 g/mol. The largest absolute Gasteiger partial charge is 0.0841 e. The van der Waals surface area contributed by atoms with Gasteiger partial charge in [0, 0.05) is 0 Å². The third kappa shape index (κ3) is 4.97. The van der Waals surface area contributed by atoms with Crippen LogP contribution in [0.2, 0.25) is 0 Å². The van der Waals surface area contributed by atoms with Crippen LogP contribution in [0.1, 0.15) is 64.7 Å². The van der Waals surface area contributed by atoms with Crippen LogP contribution in [0.4, 0.5) is 0 Å². The van der Waals surface area contributed by atoms with Crippen LogP contribution in [0.3, 0.4) is 0 Å². The molecule has 1 aromatic carbocycles. The second-order valence-electron chi connectivity index (χ2n) is 7.90. The second kappa shape index (κ2) is 8.01. The van der Waals surface area contributed by atoms with Crippen LogP contribution >= 0.6 is 0 Å². The summed E-state index contributed by atoms with van der Waals surface area (Å²) < 4.78 is 0. The highest BCUT2D eigenvalue weighted by atomic mass is 14.5. The van der Waals surface area contributed by atoms with Gasteiger partial charge in [0.1, 0.15) is 0 Å². The number of allylic oxidation sites excluding steroid dienone is 6. The molecule has 2 rings (SSSR count). The van der Waals surface area contributed by atoms with Gasteiger partial charge < -0.3 is 0 Å². The molecule has 0 spiro atoms. The van der Waals surface area contributed by atoms with E-state index in [4.69, 9.17) is 0 Å². The van der Waals surface area contributed by atoms with Crippen molar-refractivity contribution in [2.45, 2.75) is 67.2 Å². The molecule has 0 aliphatic heterocycles. The third-order valence-corrected chi connectivity index (χ3v) is 5.41. The number of aryl methyl sites for hydroxylation is 2. The SMILES string of the molecule is C\C=C(/C=C(C)/C=C\C1CC1(C)C)Cc1ccc(CC)c(CC)c1. The lowest BCUT2D eigenvalue weighted by molar-refractivity contribution is 0.610. The number of benzene rings is 1. The normalized spacial score (nSPS) is 20.7. The maximum absolute atomic E-state index is 2.40. The van der Waals surface area contributed by atoms with E-state index in [9.17, 15) is 0 Å². The van der Waals surface area contributed by atoms with E-state index in [1.165, 1.54) is 34.3 Å². The predicted molar refractivity (Wildman–Crippen MR) is 107 cm³/mol. The summed E-state index contributed by atoms with van der Waals surface area (Å²) in [5.41, 5.74) is 7.70. The van der Waals surface area contributed by atoms with Crippen LogP contribution in [-0.2, 0) is 19.3 Å². The van der Waals surface area contributed by atoms with Crippen molar-refractivity contribution in [3.05, 3.63) is 70.3 Å². The van der Waals surface area contributed by atoms with E-state index < -0.39 is 0 Å². The van der Waals surface area contributed by atoms with Crippen molar-refractivity contribution >= 4 is 0 Å². The molecule has 0 aromatic heterocycles. The van der Waals surface area contributed by atoms with Gasteiger partial charge in [-0.25, -0.2) is 0 Å². The number of rotatable bonds is 7. The molecule has 0 heteroatoms. The van der Waals surface area contributed by atoms with Gasteiger partial charge in [0.25, 0.3) is 0 Å². The average Bonchev–Trinajstić information content (AvgIpc) is 3.19. The first-order valence-corrected chi connectivity index (χ1v) is 9.52. The Labute approximate surface area is 149 Å². The summed E-state index contributed by atoms with van der Waals surface area (Å²) in [5, 5.41) is 0. The van der Waals surface area contributed by atoms with Gasteiger partial charge in [-0.15, -0.1) is 0 Å². The zero-order chi connectivity index (χ0) is 17.7. The fraction of sp³-hybridized carbons (Fsp3) is 0.500. The van der Waals surface area contributed by atoms with Gasteiger partial charge in [-0.1, -0.05) is 75.8 Å². The first kappa shape index (κ1) is 18.8. The van der Waals surface area contributed by atoms with Crippen LogP contribution in [0.15, 0.2) is 53.6 Å². The zero-order valence-corrected chi connectivity index (χ0v) is 16.4. The summed E-state index contributed by atoms with van der Waals surface area (Å²) in [6, 6.07) is 7.01. The molecule has 0 heterocycles. The van der Waals surface area contributed by atoms with E-state index in [0.717, 1.165) is 25.2 Å². The summed E-state index contributed by atoms with van der Waals surface area (Å²) in [7, 11) is 0. The van der Waals surface area contributed by atoms with Crippen LogP contribution in [0.5, 0.6) is 0 Å². The van der Waals surface area contributed by atoms with E-state index >= 15 is 0 Å². The molecule has 0 nitrogen and oxygen atoms in total. The van der Waals surface area contributed by atoms with Crippen molar-refractivity contribution in [1.29, 1.82) is 0 Å². The molecular formula is C24H34. The van der Waals surface area contributed by atoms with Gasteiger partial charge in [-0.05, 0) is 73.1 Å². The molecule has 0 bridgehead atoms. The smallest absolute Gasteiger partial charge is 0.00288 e. The number of hydrogen-bond donors (Lipinski definition) is 0. The van der Waals surface area contributed by atoms with Crippen molar-refractivity contribution in [3.8, 4) is 0 Å². The van der Waals surface area contributed by atoms with E-state index in [1.807, 2.05) is 0 Å². The summed E-state index contributed by atoms with van der Waals surface area (Å²) in [4.78, 5) is 0. The molecule has 1 aliphatic carbocycles. The predicted octanol–water partition coefficient (Wildman–Crippen LogP) is 6.85. The van der Waals surface area contributed by atoms with Crippen LogP contribution in [-0.4, -0.2) is 0 Å². The van der Waals surface area contributed by atoms with E-state index in [1.54, 1.807) is 0 Å². The summed E-state index contributed by atoms with van der Waals surface area (Å²) in [5.74, 6) is 0.767. The van der Waals surface area contributed by atoms with Gasteiger partial charge in [0.15, 0.2) is 0 Å². The first-order chi connectivity index (χ1) is 11.4. The van der Waals surface area contributed by atoms with E-state index in [2.05, 4.69) is 84.0 Å². The molecule has 1 saturated carbocycles. The Kier molecular flexibility index (Phi) is 6.27. The van der Waals surface area contributed by atoms with Gasteiger partial charge in [0.2, 0.25) is 0 Å². The Balaban J connectivity index is 2.05. The van der Waals surface area contributed by atoms with Gasteiger partial charge in [-0.2, -0.15) is 0 Å². The van der Waals surface area contributed by atoms with Crippen molar-refractivity contribution in [1.82, 2.24) is 0 Å². The quantitative estimate of drug-likeness (QED) is 0.482. The molecule has 1 aromatic rings. The fourth-order valence-electron chi connectivity index (χ4n) is 3.38. The van der Waals surface area contributed by atoms with Crippen LogP contribution < -0.4 is 0 Å². The van der Waals surface area contributed by atoms with Crippen molar-refractivity contribution < 1.29 is 0 Å². The molecule has 0 N–H and O–H groups in total. The fourth-order valence-corrected chi connectivity index (χ4v) is 3.38. The Hall–Kier alpha value is -1.56. The Morgan fingerprint density at radius 2 is 1.83 bits per heavy atom. The monoisotopic (exact) mass is 322 g/mol. The minimum absolute atomic E-state index is 0.526. The summed E-state index contributed by atoms with van der Waals surface area (Å²) >= 11 is 0. The molecule has 1 unspecified atom stereocenters. The Bertz CT molecular complexity index is 653. The highest BCUT2D eigenvalue weighted by Gasteiger charge is 2.43. The van der Waals surface area contributed by atoms with Gasteiger partial charge in [0.05, 0.1) is 0 Å². The second-order valence-corrected chi connectivity index (χ2v) is 7.90. The molecule has 0 saturated heterocycles. The lowest BCUT2D eigenvalue weighted by Crippen LogP contribution is -1.95. The third-order valence-electron chi connectivity index (χ3n) is 5.41. The minimum Gasteiger partial charge on any atom is -0.0841 e. The molecule has 24 heavy (non-hydrogen) atoms. The minimum atomic E-state index is 0.526. The summed E-state index contributed by atoms with van der Waals surface area (Å²) in [6.45, 7) is 13.6. The highest BCUT2D eigenvalue weighted by Crippen LogP contribution is 2.52. The van der Waals surface area contributed by atoms with Gasteiger partial charge >= 0.3 is 0 Å². The van der Waals surface area contributed by atoms with Crippen molar-refractivity contribution in [3.63, 3.8) is 0 Å². The lowest BCUT2D eigenvalue weighted by atomic mass is 9.96. The molecule has 1 atom stereocenters. The maximum Gasteiger partial charge on any atom is -0.00288 e. The van der Waals surface area contributed by atoms with Crippen molar-refractivity contribution in [2.75, 3.05) is 0 Å². The molecule has 1 fully saturated rings. The number of hydrogen-bond acceptors (Lipinski definition) is 0. The lowest BCUT2D eigenvalue weighted by Gasteiger charge is -2.10. The van der Waals surface area contributed by atoms with Crippen molar-refractivity contribution in [2.24, 2.45) is 11.3 Å². The van der Waals surface area contributed by atoms with E-state index in [0.29, 0.717) is 5.41 Å². The standard InChI is InChI=1S/C24H34/c1-7-19(14-18(4)10-13-23-17-24(23,5)6)15-20-11-12-21(8-2)22(9-3)16-20/h7,10-14,16,23H,8-9,15,17H2,1-6H3/b13-10-,18-14+,19-7+. The topological polar surface area (TPSA) is 0 Å². The molecule has 130 valence electrons. The first-order valence-electron chi connectivity index (χ1n) is 9.52. The highest BCUT2D eigenvalue weighted by molar-refractivity contribution is 5.38. The van der Waals surface area contributed by atoms with Crippen LogP contribution in [0, 0.1) is 11.3 Å². The molecule has 0 radical (unpaired) electrons. The molecule has 1 aliphatic rings. The molecule has 0 amide bonds. The summed E-state index contributed by atoms with van der Waals surface area (Å²) in [6.07, 6.45) is 13.9. The zero-order valence-electron chi connectivity index (χ0n) is 16.4. The maximum atomic E-state index is 2.40.